The number of aromatic nitrogens is 2. The molecule has 1 N–H and O–H groups in total. The van der Waals surface area contributed by atoms with Gasteiger partial charge >= 0.3 is 6.18 Å². The molecule has 2 saturated heterocycles. The Labute approximate surface area is 175 Å². The van der Waals surface area contributed by atoms with E-state index >= 15 is 0 Å². The van der Waals surface area contributed by atoms with Crippen molar-refractivity contribution >= 4 is 5.69 Å². The van der Waals surface area contributed by atoms with Crippen molar-refractivity contribution in [3.8, 4) is 0 Å². The van der Waals surface area contributed by atoms with Crippen molar-refractivity contribution in [3.05, 3.63) is 54.1 Å². The third-order valence-corrected chi connectivity index (χ3v) is 6.18. The Morgan fingerprint density at radius 1 is 1.00 bits per heavy atom. The highest BCUT2D eigenvalue weighted by Gasteiger charge is 2.34. The third-order valence-electron chi connectivity index (χ3n) is 6.18. The molecule has 2 aliphatic rings. The van der Waals surface area contributed by atoms with Crippen LogP contribution in [0.2, 0.25) is 0 Å². The minimum Gasteiger partial charge on any atom is -0.370 e. The van der Waals surface area contributed by atoms with Gasteiger partial charge in [-0.1, -0.05) is 6.07 Å². The van der Waals surface area contributed by atoms with Gasteiger partial charge in [0.2, 0.25) is 0 Å². The summed E-state index contributed by atoms with van der Waals surface area (Å²) in [6.45, 7) is 5.77. The molecule has 0 radical (unpaired) electrons. The molecule has 2 aromatic heterocycles. The maximum absolute atomic E-state index is 12.8. The van der Waals surface area contributed by atoms with Crippen LogP contribution < -0.4 is 10.2 Å². The number of hydrogen-bond acceptors (Lipinski definition) is 5. The molecule has 1 unspecified atom stereocenters. The number of nitrogens with zero attached hydrogens (tertiary/aromatic N) is 4. The molecule has 4 rings (SSSR count). The first-order chi connectivity index (χ1) is 14.5. The number of nitrogens with one attached hydrogen (secondary N) is 1. The average molecular weight is 419 g/mol. The van der Waals surface area contributed by atoms with E-state index < -0.39 is 11.9 Å². The summed E-state index contributed by atoms with van der Waals surface area (Å²) in [6.07, 6.45) is 3.86. The molecule has 0 amide bonds. The van der Waals surface area contributed by atoms with Crippen LogP contribution in [0.25, 0.3) is 0 Å². The summed E-state index contributed by atoms with van der Waals surface area (Å²) in [4.78, 5) is 12.7. The van der Waals surface area contributed by atoms with Crippen molar-refractivity contribution in [1.29, 1.82) is 0 Å². The molecule has 5 nitrogen and oxygen atoms in total. The van der Waals surface area contributed by atoms with Crippen molar-refractivity contribution < 1.29 is 13.2 Å². The van der Waals surface area contributed by atoms with Crippen LogP contribution in [0.1, 0.15) is 36.6 Å². The lowest BCUT2D eigenvalue weighted by Gasteiger charge is -2.41. The van der Waals surface area contributed by atoms with Crippen molar-refractivity contribution in [2.24, 2.45) is 5.92 Å². The van der Waals surface area contributed by atoms with Crippen LogP contribution in [0.5, 0.6) is 0 Å². The van der Waals surface area contributed by atoms with Gasteiger partial charge in [0.15, 0.2) is 0 Å². The van der Waals surface area contributed by atoms with Gasteiger partial charge in [0.1, 0.15) is 5.69 Å². The van der Waals surface area contributed by atoms with Crippen LogP contribution in [-0.4, -0.2) is 54.1 Å². The Hall–Kier alpha value is -2.19. The van der Waals surface area contributed by atoms with Crippen molar-refractivity contribution in [2.75, 3.05) is 44.2 Å². The summed E-state index contributed by atoms with van der Waals surface area (Å²) >= 11 is 0. The molecule has 8 heteroatoms. The van der Waals surface area contributed by atoms with Crippen LogP contribution in [0.4, 0.5) is 18.9 Å². The van der Waals surface area contributed by atoms with Crippen LogP contribution in [-0.2, 0) is 6.18 Å². The van der Waals surface area contributed by atoms with E-state index in [1.807, 2.05) is 18.5 Å². The largest absolute Gasteiger partial charge is 0.433 e. The van der Waals surface area contributed by atoms with E-state index in [9.17, 15) is 13.2 Å². The summed E-state index contributed by atoms with van der Waals surface area (Å²) < 4.78 is 38.3. The van der Waals surface area contributed by atoms with Gasteiger partial charge in [-0.2, -0.15) is 13.2 Å². The number of hydrogen-bond donors (Lipinski definition) is 1. The fourth-order valence-electron chi connectivity index (χ4n) is 4.69. The highest BCUT2D eigenvalue weighted by Crippen LogP contribution is 2.37. The fraction of sp³-hybridized carbons (Fsp3) is 0.545. The van der Waals surface area contributed by atoms with Crippen LogP contribution in [0.3, 0.4) is 0 Å². The zero-order chi connectivity index (χ0) is 21.0. The maximum atomic E-state index is 12.8. The van der Waals surface area contributed by atoms with E-state index in [2.05, 4.69) is 31.2 Å². The van der Waals surface area contributed by atoms with Crippen molar-refractivity contribution in [1.82, 2.24) is 20.2 Å². The fourth-order valence-corrected chi connectivity index (χ4v) is 4.69. The second-order valence-corrected chi connectivity index (χ2v) is 8.09. The molecule has 2 aromatic rings. The van der Waals surface area contributed by atoms with Gasteiger partial charge in [0, 0.05) is 51.2 Å². The molecule has 2 fully saturated rings. The number of anilines is 1. The first kappa shape index (κ1) is 21.1. The Bertz CT molecular complexity index is 781. The molecule has 0 saturated carbocycles. The van der Waals surface area contributed by atoms with Gasteiger partial charge in [-0.25, -0.2) is 4.98 Å². The molecule has 162 valence electrons. The average Bonchev–Trinajstić information content (AvgIpc) is 3.04. The van der Waals surface area contributed by atoms with Gasteiger partial charge in [0.25, 0.3) is 0 Å². The summed E-state index contributed by atoms with van der Waals surface area (Å²) in [7, 11) is 0. The lowest BCUT2D eigenvalue weighted by Crippen LogP contribution is -2.42. The molecule has 0 bridgehead atoms. The van der Waals surface area contributed by atoms with Gasteiger partial charge < -0.3 is 10.2 Å². The number of pyridine rings is 2. The maximum Gasteiger partial charge on any atom is 0.433 e. The summed E-state index contributed by atoms with van der Waals surface area (Å²) in [5, 5.41) is 3.48. The molecule has 30 heavy (non-hydrogen) atoms. The van der Waals surface area contributed by atoms with Crippen LogP contribution in [0, 0.1) is 5.92 Å². The van der Waals surface area contributed by atoms with E-state index in [1.165, 1.54) is 17.8 Å². The van der Waals surface area contributed by atoms with E-state index in [0.717, 1.165) is 70.3 Å². The topological polar surface area (TPSA) is 44.3 Å². The van der Waals surface area contributed by atoms with Crippen LogP contribution in [0.15, 0.2) is 42.9 Å². The number of piperidine rings is 1. The first-order valence-electron chi connectivity index (χ1n) is 10.7. The predicted molar refractivity (Wildman–Crippen MR) is 110 cm³/mol. The Morgan fingerprint density at radius 2 is 1.83 bits per heavy atom. The van der Waals surface area contributed by atoms with Crippen molar-refractivity contribution in [2.45, 2.75) is 31.5 Å². The predicted octanol–water partition coefficient (Wildman–Crippen LogP) is 3.75. The van der Waals surface area contributed by atoms with Gasteiger partial charge in [-0.3, -0.25) is 9.88 Å². The third kappa shape index (κ3) is 4.92. The summed E-state index contributed by atoms with van der Waals surface area (Å²) in [6, 6.07) is 7.11. The molecule has 0 spiro atoms. The second-order valence-electron chi connectivity index (χ2n) is 8.09. The Kier molecular flexibility index (Phi) is 6.53. The molecule has 2 aliphatic heterocycles. The molecular weight excluding hydrogens is 391 g/mol. The van der Waals surface area contributed by atoms with Crippen LogP contribution >= 0.6 is 0 Å². The van der Waals surface area contributed by atoms with Gasteiger partial charge in [-0.05, 0) is 55.5 Å². The monoisotopic (exact) mass is 419 g/mol. The number of rotatable bonds is 4. The molecule has 1 atom stereocenters. The SMILES string of the molecule is FC(F)(F)c1ccc(N2CCC(C(c3cccnc3)N3CCCNCC3)CC2)cn1. The lowest BCUT2D eigenvalue weighted by atomic mass is 9.84. The standard InChI is InChI=1S/C22H28F3N5/c23-22(24,25)20-5-4-19(16-28-20)29-12-6-17(7-13-29)21(18-3-1-8-27-15-18)30-11-2-9-26-10-14-30/h1,3-5,8,15-17,21,26H,2,6-7,9-14H2. The van der Waals surface area contributed by atoms with E-state index in [1.54, 1.807) is 0 Å². The molecule has 4 heterocycles. The summed E-state index contributed by atoms with van der Waals surface area (Å²) in [5.41, 5.74) is 1.18. The first-order valence-corrected chi connectivity index (χ1v) is 10.7. The normalized spacial score (nSPS) is 20.7. The quantitative estimate of drug-likeness (QED) is 0.818. The Balaban J connectivity index is 1.46. The molecular formula is C22H28F3N5. The van der Waals surface area contributed by atoms with Gasteiger partial charge in [0.05, 0.1) is 11.9 Å². The van der Waals surface area contributed by atoms with Gasteiger partial charge in [-0.15, -0.1) is 0 Å². The van der Waals surface area contributed by atoms with E-state index in [0.29, 0.717) is 12.0 Å². The molecule has 0 aromatic carbocycles. The highest BCUT2D eigenvalue weighted by molar-refractivity contribution is 5.45. The van der Waals surface area contributed by atoms with E-state index in [4.69, 9.17) is 0 Å². The number of halogens is 3. The zero-order valence-electron chi connectivity index (χ0n) is 17.0. The smallest absolute Gasteiger partial charge is 0.370 e. The zero-order valence-corrected chi connectivity index (χ0v) is 17.0. The molecule has 0 aliphatic carbocycles. The minimum atomic E-state index is -4.40. The highest BCUT2D eigenvalue weighted by atomic mass is 19.4. The van der Waals surface area contributed by atoms with Crippen molar-refractivity contribution in [3.63, 3.8) is 0 Å². The number of alkyl halides is 3. The van der Waals surface area contributed by atoms with E-state index in [-0.39, 0.29) is 0 Å². The summed E-state index contributed by atoms with van der Waals surface area (Å²) in [5.74, 6) is 0.492. The second kappa shape index (κ2) is 9.31. The lowest BCUT2D eigenvalue weighted by molar-refractivity contribution is -0.141. The minimum absolute atomic E-state index is 0.325. The Morgan fingerprint density at radius 3 is 2.50 bits per heavy atom.